The molecule has 0 saturated carbocycles. The molecule has 0 spiro atoms. The highest BCUT2D eigenvalue weighted by molar-refractivity contribution is 5.95. The molecule has 1 unspecified atom stereocenters. The summed E-state index contributed by atoms with van der Waals surface area (Å²) in [4.78, 5) is 25.0. The number of nitrogens with two attached hydrogens (primary N) is 1. The van der Waals surface area contributed by atoms with Gasteiger partial charge in [0.2, 0.25) is 5.91 Å². The van der Waals surface area contributed by atoms with Gasteiger partial charge in [-0.3, -0.25) is 15.0 Å². The van der Waals surface area contributed by atoms with E-state index in [1.54, 1.807) is 6.08 Å². The standard InChI is InChI=1S/C12H22N4O2/c1-2-6-14-12(18)15-11(17)9-16-7-4-3-5-10(16)8-13/h2,10H,1,3-9,13H2,(H2,14,15,17,18). The van der Waals surface area contributed by atoms with Crippen molar-refractivity contribution in [3.8, 4) is 0 Å². The van der Waals surface area contributed by atoms with Crippen LogP contribution in [0.25, 0.3) is 0 Å². The third-order valence-corrected chi connectivity index (χ3v) is 3.03. The van der Waals surface area contributed by atoms with Crippen molar-refractivity contribution in [1.82, 2.24) is 15.5 Å². The average molecular weight is 254 g/mol. The van der Waals surface area contributed by atoms with Crippen LogP contribution in [0.1, 0.15) is 19.3 Å². The van der Waals surface area contributed by atoms with Gasteiger partial charge in [-0.25, -0.2) is 4.79 Å². The molecule has 0 aromatic heterocycles. The summed E-state index contributed by atoms with van der Waals surface area (Å²) in [6, 6.07) is -0.234. The molecule has 0 aromatic carbocycles. The van der Waals surface area contributed by atoms with Crippen molar-refractivity contribution in [3.63, 3.8) is 0 Å². The first-order valence-electron chi connectivity index (χ1n) is 6.30. The van der Waals surface area contributed by atoms with Crippen LogP contribution in [0.5, 0.6) is 0 Å². The fourth-order valence-electron chi connectivity index (χ4n) is 2.09. The number of hydrogen-bond acceptors (Lipinski definition) is 4. The Hall–Kier alpha value is -1.40. The maximum absolute atomic E-state index is 11.7. The zero-order valence-corrected chi connectivity index (χ0v) is 10.7. The van der Waals surface area contributed by atoms with Crippen molar-refractivity contribution in [2.45, 2.75) is 25.3 Å². The molecule has 1 atom stereocenters. The van der Waals surface area contributed by atoms with Crippen molar-refractivity contribution in [2.75, 3.05) is 26.2 Å². The largest absolute Gasteiger partial charge is 0.334 e. The summed E-state index contributed by atoms with van der Waals surface area (Å²) in [5.41, 5.74) is 5.67. The number of carbonyl (C=O) groups is 2. The molecule has 4 N–H and O–H groups in total. The molecular formula is C12H22N4O2. The second-order valence-electron chi connectivity index (χ2n) is 4.40. The minimum atomic E-state index is -0.485. The van der Waals surface area contributed by atoms with Crippen molar-refractivity contribution in [3.05, 3.63) is 12.7 Å². The number of nitrogens with zero attached hydrogens (tertiary/aromatic N) is 1. The van der Waals surface area contributed by atoms with Crippen LogP contribution >= 0.6 is 0 Å². The number of piperidine rings is 1. The van der Waals surface area contributed by atoms with Gasteiger partial charge in [-0.1, -0.05) is 12.5 Å². The van der Waals surface area contributed by atoms with E-state index in [2.05, 4.69) is 17.2 Å². The number of urea groups is 1. The van der Waals surface area contributed by atoms with Crippen molar-refractivity contribution < 1.29 is 9.59 Å². The normalized spacial score (nSPS) is 20.2. The predicted octanol–water partition coefficient (Wildman–Crippen LogP) is -0.189. The molecule has 1 heterocycles. The molecule has 1 aliphatic rings. The fourth-order valence-corrected chi connectivity index (χ4v) is 2.09. The van der Waals surface area contributed by atoms with Gasteiger partial charge in [-0.15, -0.1) is 6.58 Å². The lowest BCUT2D eigenvalue weighted by Crippen LogP contribution is -2.50. The second-order valence-corrected chi connectivity index (χ2v) is 4.40. The van der Waals surface area contributed by atoms with Gasteiger partial charge in [0, 0.05) is 19.1 Å². The zero-order chi connectivity index (χ0) is 13.4. The minimum absolute atomic E-state index is 0.226. The number of carbonyl (C=O) groups excluding carboxylic acids is 2. The Morgan fingerprint density at radius 3 is 2.89 bits per heavy atom. The maximum atomic E-state index is 11.7. The summed E-state index contributed by atoms with van der Waals surface area (Å²) in [7, 11) is 0. The number of nitrogens with one attached hydrogen (secondary N) is 2. The summed E-state index contributed by atoms with van der Waals surface area (Å²) >= 11 is 0. The second kappa shape index (κ2) is 7.84. The molecule has 6 nitrogen and oxygen atoms in total. The van der Waals surface area contributed by atoms with Crippen LogP contribution in [0.4, 0.5) is 4.79 Å². The van der Waals surface area contributed by atoms with Crippen LogP contribution in [0, 0.1) is 0 Å². The molecule has 1 aliphatic heterocycles. The van der Waals surface area contributed by atoms with Crippen LogP contribution in [0.3, 0.4) is 0 Å². The third kappa shape index (κ3) is 4.85. The first kappa shape index (κ1) is 14.7. The van der Waals surface area contributed by atoms with E-state index in [4.69, 9.17) is 5.73 Å². The molecule has 102 valence electrons. The average Bonchev–Trinajstić information content (AvgIpc) is 2.36. The third-order valence-electron chi connectivity index (χ3n) is 3.03. The van der Waals surface area contributed by atoms with Crippen molar-refractivity contribution >= 4 is 11.9 Å². The van der Waals surface area contributed by atoms with Crippen LogP contribution < -0.4 is 16.4 Å². The number of likely N-dealkylation sites (tertiary alicyclic amines) is 1. The predicted molar refractivity (Wildman–Crippen MR) is 70.0 cm³/mol. The summed E-state index contributed by atoms with van der Waals surface area (Å²) in [6.07, 6.45) is 4.80. The van der Waals surface area contributed by atoms with Crippen LogP contribution in [-0.4, -0.2) is 49.1 Å². The van der Waals surface area contributed by atoms with Gasteiger partial charge < -0.3 is 11.1 Å². The molecule has 18 heavy (non-hydrogen) atoms. The molecule has 1 rings (SSSR count). The highest BCUT2D eigenvalue weighted by atomic mass is 16.2. The van der Waals surface area contributed by atoms with E-state index < -0.39 is 6.03 Å². The fraction of sp³-hybridized carbons (Fsp3) is 0.667. The first-order chi connectivity index (χ1) is 8.67. The highest BCUT2D eigenvalue weighted by Gasteiger charge is 2.23. The van der Waals surface area contributed by atoms with Crippen LogP contribution in [0.15, 0.2) is 12.7 Å². The zero-order valence-electron chi connectivity index (χ0n) is 10.7. The lowest BCUT2D eigenvalue weighted by atomic mass is 10.0. The summed E-state index contributed by atoms with van der Waals surface area (Å²) in [6.45, 7) is 5.46. The quantitative estimate of drug-likeness (QED) is 0.594. The van der Waals surface area contributed by atoms with E-state index in [1.807, 2.05) is 4.90 Å². The van der Waals surface area contributed by atoms with E-state index in [0.717, 1.165) is 25.8 Å². The van der Waals surface area contributed by atoms with Gasteiger partial charge >= 0.3 is 6.03 Å². The SMILES string of the molecule is C=CCNC(=O)NC(=O)CN1CCCCC1CN. The van der Waals surface area contributed by atoms with E-state index in [9.17, 15) is 9.59 Å². The smallest absolute Gasteiger partial charge is 0.321 e. The Balaban J connectivity index is 2.33. The lowest BCUT2D eigenvalue weighted by molar-refractivity contribution is -0.122. The number of imide groups is 1. The lowest BCUT2D eigenvalue weighted by Gasteiger charge is -2.34. The van der Waals surface area contributed by atoms with E-state index >= 15 is 0 Å². The Morgan fingerprint density at radius 1 is 1.44 bits per heavy atom. The molecule has 0 aromatic rings. The topological polar surface area (TPSA) is 87.5 Å². The van der Waals surface area contributed by atoms with Gasteiger partial charge in [-0.05, 0) is 19.4 Å². The van der Waals surface area contributed by atoms with E-state index in [0.29, 0.717) is 13.1 Å². The van der Waals surface area contributed by atoms with Gasteiger partial charge in [0.25, 0.3) is 0 Å². The molecule has 0 aliphatic carbocycles. The van der Waals surface area contributed by atoms with Gasteiger partial charge in [0.15, 0.2) is 0 Å². The van der Waals surface area contributed by atoms with Gasteiger partial charge in [0.05, 0.1) is 6.54 Å². The highest BCUT2D eigenvalue weighted by Crippen LogP contribution is 2.15. The van der Waals surface area contributed by atoms with Crippen LogP contribution in [-0.2, 0) is 4.79 Å². The van der Waals surface area contributed by atoms with Crippen LogP contribution in [0.2, 0.25) is 0 Å². The van der Waals surface area contributed by atoms with Crippen molar-refractivity contribution in [2.24, 2.45) is 5.73 Å². The number of rotatable bonds is 5. The molecule has 0 bridgehead atoms. The molecular weight excluding hydrogens is 232 g/mol. The minimum Gasteiger partial charge on any atom is -0.334 e. The van der Waals surface area contributed by atoms with Gasteiger partial charge in [-0.2, -0.15) is 0 Å². The Bertz CT molecular complexity index is 306. The summed E-state index contributed by atoms with van der Waals surface area (Å²) in [5.74, 6) is -0.295. The van der Waals surface area contributed by atoms with E-state index in [1.165, 1.54) is 0 Å². The molecule has 1 saturated heterocycles. The Kier molecular flexibility index (Phi) is 6.38. The Morgan fingerprint density at radius 2 is 2.22 bits per heavy atom. The molecule has 6 heteroatoms. The molecule has 1 fully saturated rings. The summed E-state index contributed by atoms with van der Waals surface area (Å²) in [5, 5.41) is 4.78. The van der Waals surface area contributed by atoms with Crippen molar-refractivity contribution in [1.29, 1.82) is 0 Å². The molecule has 3 amide bonds. The number of amides is 3. The van der Waals surface area contributed by atoms with Gasteiger partial charge in [0.1, 0.15) is 0 Å². The van der Waals surface area contributed by atoms with E-state index in [-0.39, 0.29) is 18.5 Å². The first-order valence-corrected chi connectivity index (χ1v) is 6.30. The molecule has 0 radical (unpaired) electrons. The maximum Gasteiger partial charge on any atom is 0.321 e. The number of hydrogen-bond donors (Lipinski definition) is 3. The summed E-state index contributed by atoms with van der Waals surface area (Å²) < 4.78 is 0. The Labute approximate surface area is 108 Å². The monoisotopic (exact) mass is 254 g/mol.